The number of allylic oxidation sites excluding steroid dienone is 2. The van der Waals surface area contributed by atoms with Crippen LogP contribution in [0, 0.1) is 10.1 Å². The highest BCUT2D eigenvalue weighted by Crippen LogP contribution is 2.49. The second-order valence-electron chi connectivity index (χ2n) is 13.4. The van der Waals surface area contributed by atoms with Crippen LogP contribution in [0.15, 0.2) is 89.9 Å². The maximum atomic E-state index is 14.0. The number of methoxy groups -OCH3 is 2. The van der Waals surface area contributed by atoms with E-state index in [9.17, 15) is 26.9 Å². The van der Waals surface area contributed by atoms with Crippen LogP contribution < -0.4 is 14.6 Å². The normalized spacial score (nSPS) is 18.1. The highest BCUT2D eigenvalue weighted by molar-refractivity contribution is 7.98. The molecular weight excluding hydrogens is 713 g/mol. The fraction of sp³-hybridized carbons (Fsp3) is 0.324. The summed E-state index contributed by atoms with van der Waals surface area (Å²) in [4.78, 5) is 13.3. The van der Waals surface area contributed by atoms with Crippen LogP contribution in [0.25, 0.3) is 5.57 Å². The molecule has 4 aromatic rings. The topological polar surface area (TPSA) is 200 Å². The van der Waals surface area contributed by atoms with E-state index in [2.05, 4.69) is 15.4 Å². The summed E-state index contributed by atoms with van der Waals surface area (Å²) in [6.07, 6.45) is 2.69. The number of aromatic nitrogens is 4. The number of hydrogen-bond donors (Lipinski definition) is 1. The molecule has 17 heteroatoms. The standard InChI is InChI=1S/C34H40N6O8S2Si/c1-47-27-14-10-24(11-15-27)22-26-8-6-7-9-29(26)30-18-19-31(49(43,44)20-21-51(3,4)5)32(50(35,45)46)34(30,40(41)42)33-36-38-39(37-33)23-25-12-16-28(48-2)17-13-25/h6-19,32H,20-23H2,1-5H3,(H2,35,45,46). The molecule has 0 fully saturated rings. The third-order valence-corrected chi connectivity index (χ3v) is 14.0. The molecule has 1 aliphatic rings. The maximum absolute atomic E-state index is 14.0. The summed E-state index contributed by atoms with van der Waals surface area (Å²) in [5.74, 6) is 0.205. The van der Waals surface area contributed by atoms with Gasteiger partial charge in [0.2, 0.25) is 10.0 Å². The molecule has 0 bridgehead atoms. The average molecular weight is 753 g/mol. The predicted molar refractivity (Wildman–Crippen MR) is 196 cm³/mol. The number of ether oxygens (including phenoxy) is 2. The quantitative estimate of drug-likeness (QED) is 0.110. The number of nitro groups is 1. The van der Waals surface area contributed by atoms with Crippen LogP contribution >= 0.6 is 0 Å². The van der Waals surface area contributed by atoms with E-state index in [4.69, 9.17) is 14.6 Å². The zero-order chi connectivity index (χ0) is 37.2. The second kappa shape index (κ2) is 14.5. The van der Waals surface area contributed by atoms with Crippen LogP contribution in [0.2, 0.25) is 25.7 Å². The summed E-state index contributed by atoms with van der Waals surface area (Å²) in [7, 11) is -8.35. The van der Waals surface area contributed by atoms with Crippen LogP contribution in [-0.4, -0.2) is 75.3 Å². The highest BCUT2D eigenvalue weighted by Gasteiger charge is 2.67. The summed E-state index contributed by atoms with van der Waals surface area (Å²) in [5.41, 5.74) is -0.654. The van der Waals surface area contributed by atoms with Crippen LogP contribution in [0.3, 0.4) is 0 Å². The van der Waals surface area contributed by atoms with Crippen molar-refractivity contribution in [3.8, 4) is 11.5 Å². The van der Waals surface area contributed by atoms with Gasteiger partial charge in [-0.3, -0.25) is 10.1 Å². The van der Waals surface area contributed by atoms with Gasteiger partial charge in [-0.1, -0.05) is 68.2 Å². The third-order valence-electron chi connectivity index (χ3n) is 8.70. The molecule has 0 saturated heterocycles. The molecule has 0 saturated carbocycles. The van der Waals surface area contributed by atoms with Crippen molar-refractivity contribution in [1.29, 1.82) is 0 Å². The van der Waals surface area contributed by atoms with Gasteiger partial charge in [0.15, 0.2) is 15.1 Å². The lowest BCUT2D eigenvalue weighted by molar-refractivity contribution is -0.559. The first kappa shape index (κ1) is 37.5. The van der Waals surface area contributed by atoms with Gasteiger partial charge >= 0.3 is 5.54 Å². The van der Waals surface area contributed by atoms with Crippen LogP contribution in [0.1, 0.15) is 28.1 Å². The van der Waals surface area contributed by atoms with Gasteiger partial charge in [-0.15, -0.1) is 10.2 Å². The van der Waals surface area contributed by atoms with Gasteiger partial charge in [0.05, 0.1) is 31.4 Å². The minimum absolute atomic E-state index is 0.00907. The van der Waals surface area contributed by atoms with Crippen molar-refractivity contribution in [2.24, 2.45) is 5.14 Å². The van der Waals surface area contributed by atoms with Crippen LogP contribution in [0.4, 0.5) is 0 Å². The lowest BCUT2D eigenvalue weighted by atomic mass is 9.76. The SMILES string of the molecule is COc1ccc(Cc2ccccc2C2=CC=C(S(=O)(=O)CC[Si](C)(C)C)C(S(N)(=O)=O)C2(c2nnn(Cc3ccc(OC)cc3)n2)[N+](=O)[O-])cc1. The van der Waals surface area contributed by atoms with Gasteiger partial charge < -0.3 is 9.47 Å². The largest absolute Gasteiger partial charge is 0.497 e. The van der Waals surface area contributed by atoms with Crippen molar-refractivity contribution in [2.75, 3.05) is 20.0 Å². The maximum Gasteiger partial charge on any atom is 0.332 e. The van der Waals surface area contributed by atoms with E-state index >= 15 is 0 Å². The Balaban J connectivity index is 1.75. The van der Waals surface area contributed by atoms with Crippen molar-refractivity contribution in [3.05, 3.63) is 128 Å². The van der Waals surface area contributed by atoms with Gasteiger partial charge in [0.25, 0.3) is 5.82 Å². The fourth-order valence-electron chi connectivity index (χ4n) is 6.02. The number of nitrogens with zero attached hydrogens (tertiary/aromatic N) is 5. The molecule has 2 atom stereocenters. The van der Waals surface area contributed by atoms with E-state index in [1.165, 1.54) is 13.2 Å². The zero-order valence-corrected chi connectivity index (χ0v) is 31.5. The molecule has 0 spiro atoms. The first-order valence-corrected chi connectivity index (χ1v) is 22.9. The Bertz CT molecular complexity index is 2200. The molecule has 2 N–H and O–H groups in total. The van der Waals surface area contributed by atoms with E-state index < -0.39 is 60.1 Å². The third kappa shape index (κ3) is 7.95. The van der Waals surface area contributed by atoms with Crippen LogP contribution in [0.5, 0.6) is 11.5 Å². The Kier molecular flexibility index (Phi) is 10.7. The Morgan fingerprint density at radius 3 is 2.04 bits per heavy atom. The second-order valence-corrected chi connectivity index (χ2v) is 22.8. The molecule has 0 aliphatic heterocycles. The summed E-state index contributed by atoms with van der Waals surface area (Å²) in [6.45, 7) is 5.92. The number of tetrazole rings is 1. The lowest BCUT2D eigenvalue weighted by Gasteiger charge is -2.35. The Morgan fingerprint density at radius 1 is 0.902 bits per heavy atom. The molecule has 5 rings (SSSR count). The summed E-state index contributed by atoms with van der Waals surface area (Å²) in [6, 6.07) is 21.2. The van der Waals surface area contributed by atoms with Gasteiger partial charge in [0, 0.05) is 18.6 Å². The molecular formula is C34H40N6O8S2Si. The Labute approximate surface area is 298 Å². The number of benzene rings is 3. The predicted octanol–water partition coefficient (Wildman–Crippen LogP) is 4.19. The van der Waals surface area contributed by atoms with Crippen molar-refractivity contribution in [2.45, 2.75) is 49.4 Å². The van der Waals surface area contributed by atoms with E-state index in [0.717, 1.165) is 16.4 Å². The Morgan fingerprint density at radius 2 is 1.49 bits per heavy atom. The molecule has 0 radical (unpaired) electrons. The number of nitrogens with two attached hydrogens (primary N) is 1. The molecule has 1 aromatic heterocycles. The van der Waals surface area contributed by atoms with Crippen molar-refractivity contribution < 1.29 is 31.2 Å². The van der Waals surface area contributed by atoms with E-state index in [1.54, 1.807) is 67.8 Å². The zero-order valence-electron chi connectivity index (χ0n) is 28.9. The van der Waals surface area contributed by atoms with Gasteiger partial charge in [-0.25, -0.2) is 22.0 Å². The van der Waals surface area contributed by atoms with Gasteiger partial charge in [-0.05, 0) is 76.3 Å². The number of primary sulfonamides is 1. The molecule has 270 valence electrons. The summed E-state index contributed by atoms with van der Waals surface area (Å²) < 4.78 is 66.1. The molecule has 2 unspecified atom stereocenters. The summed E-state index contributed by atoms with van der Waals surface area (Å²) in [5, 5.41) is 29.7. The summed E-state index contributed by atoms with van der Waals surface area (Å²) >= 11 is 0. The molecule has 51 heavy (non-hydrogen) atoms. The minimum Gasteiger partial charge on any atom is -0.497 e. The number of sulfonamides is 1. The molecule has 1 aliphatic carbocycles. The highest BCUT2D eigenvalue weighted by atomic mass is 32.2. The van der Waals surface area contributed by atoms with Crippen molar-refractivity contribution in [3.63, 3.8) is 0 Å². The number of rotatable bonds is 14. The smallest absolute Gasteiger partial charge is 0.332 e. The monoisotopic (exact) mass is 752 g/mol. The minimum atomic E-state index is -5.05. The van der Waals surface area contributed by atoms with Crippen molar-refractivity contribution in [1.82, 2.24) is 20.2 Å². The first-order chi connectivity index (χ1) is 24.0. The average Bonchev–Trinajstić information content (AvgIpc) is 3.55. The molecule has 3 aromatic carbocycles. The lowest BCUT2D eigenvalue weighted by Crippen LogP contribution is -2.57. The van der Waals surface area contributed by atoms with Gasteiger partial charge in [-0.2, -0.15) is 4.80 Å². The molecule has 1 heterocycles. The van der Waals surface area contributed by atoms with Crippen molar-refractivity contribution >= 4 is 33.5 Å². The number of sulfone groups is 1. The van der Waals surface area contributed by atoms with E-state index in [-0.39, 0.29) is 24.6 Å². The number of hydrogen-bond acceptors (Lipinski definition) is 11. The van der Waals surface area contributed by atoms with E-state index in [1.807, 2.05) is 31.8 Å². The van der Waals surface area contributed by atoms with E-state index in [0.29, 0.717) is 28.2 Å². The molecule has 0 amide bonds. The molecule has 14 nitrogen and oxygen atoms in total. The van der Waals surface area contributed by atoms with Crippen LogP contribution in [-0.2, 0) is 38.4 Å². The van der Waals surface area contributed by atoms with Gasteiger partial charge in [0.1, 0.15) is 11.5 Å². The first-order valence-electron chi connectivity index (χ1n) is 15.9. The Hall–Kier alpha value is -4.71. The fourth-order valence-corrected chi connectivity index (χ4v) is 12.6.